The van der Waals surface area contributed by atoms with Crippen molar-refractivity contribution in [3.05, 3.63) is 35.2 Å². The Balaban J connectivity index is 2.16. The first-order valence-corrected chi connectivity index (χ1v) is 5.86. The Morgan fingerprint density at radius 3 is 3.00 bits per heavy atom. The summed E-state index contributed by atoms with van der Waals surface area (Å²) in [5.74, 6) is 0.860. The zero-order valence-electron chi connectivity index (χ0n) is 8.73. The number of thiazole rings is 1. The topological polar surface area (TPSA) is 37.9 Å². The van der Waals surface area contributed by atoms with Crippen LogP contribution in [0.3, 0.4) is 0 Å². The number of nitrogens with one attached hydrogen (secondary N) is 1. The van der Waals surface area contributed by atoms with Gasteiger partial charge in [0.2, 0.25) is 0 Å². The van der Waals surface area contributed by atoms with Crippen molar-refractivity contribution in [1.82, 2.24) is 9.97 Å². The van der Waals surface area contributed by atoms with Crippen LogP contribution in [0.1, 0.15) is 0 Å². The van der Waals surface area contributed by atoms with Gasteiger partial charge in [-0.2, -0.15) is 0 Å². The van der Waals surface area contributed by atoms with Gasteiger partial charge in [0.05, 0.1) is 24.0 Å². The van der Waals surface area contributed by atoms with E-state index in [2.05, 4.69) is 16.0 Å². The van der Waals surface area contributed by atoms with Crippen molar-refractivity contribution in [3.8, 4) is 17.1 Å². The maximum atomic E-state index is 5.19. The van der Waals surface area contributed by atoms with E-state index in [1.807, 2.05) is 29.1 Å². The van der Waals surface area contributed by atoms with Crippen LogP contribution in [0.4, 0.5) is 0 Å². The smallest absolute Gasteiger partial charge is 0.120 e. The molecule has 0 spiro atoms. The van der Waals surface area contributed by atoms with Gasteiger partial charge in [0, 0.05) is 22.3 Å². The number of rotatable bonds is 2. The lowest BCUT2D eigenvalue weighted by Gasteiger charge is -1.97. The van der Waals surface area contributed by atoms with Crippen LogP contribution in [0.5, 0.6) is 5.75 Å². The van der Waals surface area contributed by atoms with Crippen molar-refractivity contribution in [2.45, 2.75) is 0 Å². The second-order valence-corrected chi connectivity index (χ2v) is 4.23. The molecule has 2 aromatic heterocycles. The third kappa shape index (κ3) is 1.47. The van der Waals surface area contributed by atoms with Crippen molar-refractivity contribution in [2.75, 3.05) is 7.11 Å². The SMILES string of the molecule is COc1ccc2cc(-c3cscn3)[nH]c2c1. The summed E-state index contributed by atoms with van der Waals surface area (Å²) in [7, 11) is 1.67. The van der Waals surface area contributed by atoms with E-state index in [4.69, 9.17) is 4.74 Å². The van der Waals surface area contributed by atoms with Gasteiger partial charge in [-0.25, -0.2) is 4.98 Å². The van der Waals surface area contributed by atoms with Gasteiger partial charge >= 0.3 is 0 Å². The summed E-state index contributed by atoms with van der Waals surface area (Å²) < 4.78 is 5.19. The molecule has 0 saturated carbocycles. The van der Waals surface area contributed by atoms with Crippen LogP contribution < -0.4 is 4.74 Å². The average molecular weight is 230 g/mol. The van der Waals surface area contributed by atoms with E-state index in [0.717, 1.165) is 22.7 Å². The predicted octanol–water partition coefficient (Wildman–Crippen LogP) is 3.30. The van der Waals surface area contributed by atoms with Gasteiger partial charge in [0.25, 0.3) is 0 Å². The molecule has 1 aromatic carbocycles. The monoisotopic (exact) mass is 230 g/mol. The standard InChI is InChI=1S/C12H10N2OS/c1-15-9-3-2-8-4-11(14-10(8)5-9)12-6-16-7-13-12/h2-7,14H,1H3. The number of methoxy groups -OCH3 is 1. The minimum absolute atomic E-state index is 0.860. The van der Waals surface area contributed by atoms with Crippen LogP contribution in [0.25, 0.3) is 22.3 Å². The highest BCUT2D eigenvalue weighted by molar-refractivity contribution is 7.07. The third-order valence-electron chi connectivity index (χ3n) is 2.54. The molecular formula is C12H10N2OS. The molecule has 1 N–H and O–H groups in total. The van der Waals surface area contributed by atoms with E-state index in [1.54, 1.807) is 18.4 Å². The number of fused-ring (bicyclic) bond motifs is 1. The Hall–Kier alpha value is -1.81. The van der Waals surface area contributed by atoms with Crippen LogP contribution in [-0.2, 0) is 0 Å². The van der Waals surface area contributed by atoms with Crippen molar-refractivity contribution >= 4 is 22.2 Å². The Bertz CT molecular complexity index is 613. The molecule has 0 saturated heterocycles. The minimum Gasteiger partial charge on any atom is -0.497 e. The molecule has 0 atom stereocenters. The zero-order valence-corrected chi connectivity index (χ0v) is 9.54. The summed E-state index contributed by atoms with van der Waals surface area (Å²) in [4.78, 5) is 7.62. The highest BCUT2D eigenvalue weighted by Crippen LogP contribution is 2.26. The fourth-order valence-corrected chi connectivity index (χ4v) is 2.27. The molecule has 0 aliphatic heterocycles. The first kappa shape index (κ1) is 9.42. The number of aromatic nitrogens is 2. The predicted molar refractivity (Wildman–Crippen MR) is 66.0 cm³/mol. The lowest BCUT2D eigenvalue weighted by Crippen LogP contribution is -1.81. The summed E-state index contributed by atoms with van der Waals surface area (Å²) in [6.07, 6.45) is 0. The molecule has 4 heteroatoms. The molecule has 3 nitrogen and oxygen atoms in total. The van der Waals surface area contributed by atoms with Crippen LogP contribution in [-0.4, -0.2) is 17.1 Å². The van der Waals surface area contributed by atoms with Gasteiger partial charge in [-0.3, -0.25) is 0 Å². The molecule has 3 aromatic rings. The minimum atomic E-state index is 0.860. The Kier molecular flexibility index (Phi) is 2.15. The number of hydrogen-bond donors (Lipinski definition) is 1. The molecule has 0 radical (unpaired) electrons. The molecule has 80 valence electrons. The third-order valence-corrected chi connectivity index (χ3v) is 3.12. The zero-order chi connectivity index (χ0) is 11.0. The van der Waals surface area contributed by atoms with E-state index in [-0.39, 0.29) is 0 Å². The maximum Gasteiger partial charge on any atom is 0.120 e. The largest absolute Gasteiger partial charge is 0.497 e. The van der Waals surface area contributed by atoms with Crippen molar-refractivity contribution in [3.63, 3.8) is 0 Å². The molecule has 3 rings (SSSR count). The number of aromatic amines is 1. The summed E-state index contributed by atoms with van der Waals surface area (Å²) in [6, 6.07) is 8.09. The molecular weight excluding hydrogens is 220 g/mol. The fraction of sp³-hybridized carbons (Fsp3) is 0.0833. The van der Waals surface area contributed by atoms with Crippen LogP contribution in [0.2, 0.25) is 0 Å². The van der Waals surface area contributed by atoms with E-state index < -0.39 is 0 Å². The van der Waals surface area contributed by atoms with E-state index in [1.165, 1.54) is 5.39 Å². The molecule has 0 aliphatic rings. The molecule has 16 heavy (non-hydrogen) atoms. The fourth-order valence-electron chi connectivity index (χ4n) is 1.72. The highest BCUT2D eigenvalue weighted by Gasteiger charge is 2.05. The molecule has 2 heterocycles. The lowest BCUT2D eigenvalue weighted by atomic mass is 10.2. The van der Waals surface area contributed by atoms with Gasteiger partial charge in [0.1, 0.15) is 5.75 Å². The van der Waals surface area contributed by atoms with E-state index in [9.17, 15) is 0 Å². The molecule has 0 amide bonds. The van der Waals surface area contributed by atoms with Crippen LogP contribution in [0.15, 0.2) is 35.2 Å². The summed E-state index contributed by atoms with van der Waals surface area (Å²) in [6.45, 7) is 0. The molecule has 0 unspecified atom stereocenters. The van der Waals surface area contributed by atoms with Crippen molar-refractivity contribution in [2.24, 2.45) is 0 Å². The summed E-state index contributed by atoms with van der Waals surface area (Å²) >= 11 is 1.60. The maximum absolute atomic E-state index is 5.19. The number of nitrogens with zero attached hydrogens (tertiary/aromatic N) is 1. The average Bonchev–Trinajstić information content (AvgIpc) is 2.96. The molecule has 0 aliphatic carbocycles. The lowest BCUT2D eigenvalue weighted by molar-refractivity contribution is 0.415. The summed E-state index contributed by atoms with van der Waals surface area (Å²) in [5, 5.41) is 3.20. The van der Waals surface area contributed by atoms with Crippen molar-refractivity contribution < 1.29 is 4.74 Å². The molecule has 0 fully saturated rings. The van der Waals surface area contributed by atoms with Gasteiger partial charge in [-0.1, -0.05) is 0 Å². The van der Waals surface area contributed by atoms with E-state index >= 15 is 0 Å². The Labute approximate surface area is 96.7 Å². The number of benzene rings is 1. The first-order valence-electron chi connectivity index (χ1n) is 4.92. The summed E-state index contributed by atoms with van der Waals surface area (Å²) in [5.41, 5.74) is 4.94. The van der Waals surface area contributed by atoms with Crippen molar-refractivity contribution in [1.29, 1.82) is 0 Å². The van der Waals surface area contributed by atoms with Gasteiger partial charge in [0.15, 0.2) is 0 Å². The quantitative estimate of drug-likeness (QED) is 0.733. The number of H-pyrrole nitrogens is 1. The van der Waals surface area contributed by atoms with Gasteiger partial charge in [-0.15, -0.1) is 11.3 Å². The Morgan fingerprint density at radius 1 is 1.31 bits per heavy atom. The first-order chi connectivity index (χ1) is 7.86. The second-order valence-electron chi connectivity index (χ2n) is 3.51. The van der Waals surface area contributed by atoms with Crippen LogP contribution >= 0.6 is 11.3 Å². The molecule has 0 bridgehead atoms. The van der Waals surface area contributed by atoms with Crippen LogP contribution in [0, 0.1) is 0 Å². The number of hydrogen-bond acceptors (Lipinski definition) is 3. The Morgan fingerprint density at radius 2 is 2.25 bits per heavy atom. The normalized spacial score (nSPS) is 10.8. The highest BCUT2D eigenvalue weighted by atomic mass is 32.1. The van der Waals surface area contributed by atoms with Gasteiger partial charge in [-0.05, 0) is 18.2 Å². The van der Waals surface area contributed by atoms with Gasteiger partial charge < -0.3 is 9.72 Å². The van der Waals surface area contributed by atoms with E-state index in [0.29, 0.717) is 0 Å². The second kappa shape index (κ2) is 3.64. The number of ether oxygens (including phenoxy) is 1.